The topological polar surface area (TPSA) is 107 Å². The molecule has 6 rings (SSSR count). The van der Waals surface area contributed by atoms with Crippen molar-refractivity contribution < 1.29 is 42.8 Å². The van der Waals surface area contributed by atoms with Crippen molar-refractivity contribution in [2.45, 2.75) is 12.3 Å². The molecular formula is C29H22O9. The van der Waals surface area contributed by atoms with Gasteiger partial charge in [0.1, 0.15) is 30.5 Å². The molecule has 0 aliphatic carbocycles. The second kappa shape index (κ2) is 9.59. The molecule has 3 aliphatic heterocycles. The number of methoxy groups -OCH3 is 1. The molecule has 0 fully saturated rings. The molecule has 0 radical (unpaired) electrons. The normalized spacial score (nSPS) is 18.2. The zero-order chi connectivity index (χ0) is 26.2. The quantitative estimate of drug-likeness (QED) is 0.283. The Morgan fingerprint density at radius 1 is 0.974 bits per heavy atom. The molecule has 3 aliphatic rings. The number of carbonyl (C=O) groups is 3. The first-order valence-electron chi connectivity index (χ1n) is 12.0. The molecular weight excluding hydrogens is 492 g/mol. The molecule has 1 atom stereocenters. The van der Waals surface area contributed by atoms with Gasteiger partial charge in [0.2, 0.25) is 5.78 Å². The highest BCUT2D eigenvalue weighted by Gasteiger charge is 2.39. The van der Waals surface area contributed by atoms with Gasteiger partial charge in [0, 0.05) is 17.0 Å². The predicted molar refractivity (Wildman–Crippen MR) is 133 cm³/mol. The number of hydrogen-bond donors (Lipinski definition) is 0. The maximum atomic E-state index is 13.3. The van der Waals surface area contributed by atoms with Gasteiger partial charge in [-0.2, -0.15) is 0 Å². The number of esters is 2. The van der Waals surface area contributed by atoms with Gasteiger partial charge in [0.05, 0.1) is 19.1 Å². The second-order valence-corrected chi connectivity index (χ2v) is 8.83. The molecule has 3 aromatic carbocycles. The van der Waals surface area contributed by atoms with Crippen LogP contribution in [0, 0.1) is 0 Å². The van der Waals surface area contributed by atoms with E-state index in [1.165, 1.54) is 7.11 Å². The fourth-order valence-corrected chi connectivity index (χ4v) is 4.77. The fraction of sp³-hybridized carbons (Fsp3) is 0.207. The van der Waals surface area contributed by atoms with Gasteiger partial charge >= 0.3 is 11.9 Å². The molecule has 0 amide bonds. The minimum Gasteiger partial charge on any atom is -0.486 e. The number of ketones is 1. The van der Waals surface area contributed by atoms with Crippen LogP contribution in [0.3, 0.4) is 0 Å². The summed E-state index contributed by atoms with van der Waals surface area (Å²) in [5.74, 6) is 0.647. The van der Waals surface area contributed by atoms with Crippen LogP contribution >= 0.6 is 0 Å². The Hall–Kier alpha value is -4.79. The third-order valence-electron chi connectivity index (χ3n) is 6.51. The van der Waals surface area contributed by atoms with Crippen LogP contribution in [0.15, 0.2) is 60.4 Å². The molecule has 0 N–H and O–H groups in total. The van der Waals surface area contributed by atoms with Gasteiger partial charge < -0.3 is 28.4 Å². The minimum absolute atomic E-state index is 0.000804. The Balaban J connectivity index is 1.38. The summed E-state index contributed by atoms with van der Waals surface area (Å²) in [5.41, 5.74) is 2.30. The van der Waals surface area contributed by atoms with Gasteiger partial charge in [-0.25, -0.2) is 4.79 Å². The van der Waals surface area contributed by atoms with Crippen molar-refractivity contribution in [2.24, 2.45) is 0 Å². The summed E-state index contributed by atoms with van der Waals surface area (Å²) in [5, 5.41) is 0. The van der Waals surface area contributed by atoms with Crippen molar-refractivity contribution in [3.63, 3.8) is 0 Å². The summed E-state index contributed by atoms with van der Waals surface area (Å²) in [6.07, 6.45) is 1.64. The van der Waals surface area contributed by atoms with Crippen molar-refractivity contribution in [1.82, 2.24) is 0 Å². The van der Waals surface area contributed by atoms with Crippen molar-refractivity contribution in [1.29, 1.82) is 0 Å². The Morgan fingerprint density at radius 3 is 2.61 bits per heavy atom. The molecule has 3 aromatic rings. The van der Waals surface area contributed by atoms with Crippen LogP contribution < -0.4 is 23.7 Å². The van der Waals surface area contributed by atoms with Crippen LogP contribution in [0.25, 0.3) is 6.08 Å². The third-order valence-corrected chi connectivity index (χ3v) is 6.51. The monoisotopic (exact) mass is 514 g/mol. The number of allylic oxidation sites excluding steroid dienone is 1. The number of Topliss-reactive ketones (excluding diaryl/α,β-unsaturated/α-hetero) is 1. The maximum absolute atomic E-state index is 13.3. The van der Waals surface area contributed by atoms with Crippen LogP contribution in [-0.2, 0) is 14.3 Å². The van der Waals surface area contributed by atoms with Crippen LogP contribution in [0.2, 0.25) is 0 Å². The fourth-order valence-electron chi connectivity index (χ4n) is 4.77. The molecule has 0 saturated heterocycles. The van der Waals surface area contributed by atoms with Gasteiger partial charge in [0.15, 0.2) is 23.9 Å². The Labute approximate surface area is 217 Å². The molecule has 0 saturated carbocycles. The lowest BCUT2D eigenvalue weighted by Crippen LogP contribution is -2.22. The molecule has 192 valence electrons. The summed E-state index contributed by atoms with van der Waals surface area (Å²) in [6, 6.07) is 15.7. The first kappa shape index (κ1) is 23.6. The third kappa shape index (κ3) is 4.21. The van der Waals surface area contributed by atoms with E-state index in [1.54, 1.807) is 42.5 Å². The number of para-hydroxylation sites is 1. The van der Waals surface area contributed by atoms with Gasteiger partial charge in [-0.05, 0) is 42.0 Å². The molecule has 3 heterocycles. The number of ether oxygens (including phenoxy) is 6. The van der Waals surface area contributed by atoms with Crippen LogP contribution in [0.5, 0.6) is 28.7 Å². The lowest BCUT2D eigenvalue weighted by Gasteiger charge is -2.27. The largest absolute Gasteiger partial charge is 0.486 e. The molecule has 0 aromatic heterocycles. The molecule has 38 heavy (non-hydrogen) atoms. The minimum atomic E-state index is -0.535. The zero-order valence-corrected chi connectivity index (χ0v) is 20.4. The summed E-state index contributed by atoms with van der Waals surface area (Å²) < 4.78 is 33.3. The van der Waals surface area contributed by atoms with E-state index in [4.69, 9.17) is 23.7 Å². The van der Waals surface area contributed by atoms with Crippen LogP contribution in [-0.4, -0.2) is 44.7 Å². The van der Waals surface area contributed by atoms with Crippen molar-refractivity contribution in [2.75, 3.05) is 26.9 Å². The van der Waals surface area contributed by atoms with E-state index in [0.29, 0.717) is 64.2 Å². The highest BCUT2D eigenvalue weighted by Crippen LogP contribution is 2.50. The van der Waals surface area contributed by atoms with E-state index in [2.05, 4.69) is 4.74 Å². The second-order valence-electron chi connectivity index (χ2n) is 8.83. The predicted octanol–water partition coefficient (Wildman–Crippen LogP) is 4.07. The Kier molecular flexibility index (Phi) is 5.95. The Morgan fingerprint density at radius 2 is 1.76 bits per heavy atom. The number of rotatable bonds is 5. The van der Waals surface area contributed by atoms with Crippen LogP contribution in [0.4, 0.5) is 0 Å². The average Bonchev–Trinajstić information content (AvgIpc) is 3.26. The Bertz CT molecular complexity index is 1500. The maximum Gasteiger partial charge on any atom is 0.343 e. The van der Waals surface area contributed by atoms with E-state index in [9.17, 15) is 14.4 Å². The standard InChI is InChI=1S/C29H22O9/c1-33-26(31)15-36-20-5-3-2-4-17(20)19-14-25(30)37-22-9-7-18-28(32)24(38-29(18)27(19)22)13-16-6-8-21-23(12-16)35-11-10-34-21/h2-9,12-13,19H,10-11,14-15H2,1H3. The zero-order valence-electron chi connectivity index (χ0n) is 20.4. The SMILES string of the molecule is COC(=O)COc1ccccc1C1CC(=O)Oc2ccc3c(c21)OC(=Cc1ccc2c(c1)OCCO2)C3=O. The first-order chi connectivity index (χ1) is 18.5. The molecule has 9 nitrogen and oxygen atoms in total. The number of benzene rings is 3. The number of hydrogen-bond acceptors (Lipinski definition) is 9. The lowest BCUT2D eigenvalue weighted by molar-refractivity contribution is -0.143. The summed E-state index contributed by atoms with van der Waals surface area (Å²) >= 11 is 0. The summed E-state index contributed by atoms with van der Waals surface area (Å²) in [4.78, 5) is 37.5. The van der Waals surface area contributed by atoms with Crippen molar-refractivity contribution in [3.05, 3.63) is 82.6 Å². The van der Waals surface area contributed by atoms with Gasteiger partial charge in [-0.1, -0.05) is 24.3 Å². The number of fused-ring (bicyclic) bond motifs is 4. The number of carbonyl (C=O) groups excluding carboxylic acids is 3. The van der Waals surface area contributed by atoms with Crippen LogP contribution in [0.1, 0.15) is 39.4 Å². The molecule has 0 bridgehead atoms. The first-order valence-corrected chi connectivity index (χ1v) is 12.0. The van der Waals surface area contributed by atoms with Crippen molar-refractivity contribution >= 4 is 23.8 Å². The van der Waals surface area contributed by atoms with E-state index in [1.807, 2.05) is 18.2 Å². The smallest absolute Gasteiger partial charge is 0.343 e. The summed E-state index contributed by atoms with van der Waals surface area (Å²) in [7, 11) is 1.28. The van der Waals surface area contributed by atoms with E-state index in [0.717, 1.165) is 0 Å². The van der Waals surface area contributed by atoms with E-state index < -0.39 is 17.9 Å². The lowest BCUT2D eigenvalue weighted by atomic mass is 9.84. The van der Waals surface area contributed by atoms with Gasteiger partial charge in [-0.3, -0.25) is 9.59 Å². The molecule has 9 heteroatoms. The average molecular weight is 514 g/mol. The van der Waals surface area contributed by atoms with Crippen molar-refractivity contribution in [3.8, 4) is 28.7 Å². The van der Waals surface area contributed by atoms with Gasteiger partial charge in [-0.15, -0.1) is 0 Å². The molecule has 1 unspecified atom stereocenters. The molecule has 0 spiro atoms. The summed E-state index contributed by atoms with van der Waals surface area (Å²) in [6.45, 7) is 0.644. The van der Waals surface area contributed by atoms with Gasteiger partial charge in [0.25, 0.3) is 0 Å². The highest BCUT2D eigenvalue weighted by molar-refractivity contribution is 6.15. The van der Waals surface area contributed by atoms with E-state index in [-0.39, 0.29) is 24.6 Å². The van der Waals surface area contributed by atoms with E-state index >= 15 is 0 Å². The highest BCUT2D eigenvalue weighted by atomic mass is 16.6.